The Morgan fingerprint density at radius 2 is 1.67 bits per heavy atom. The molecule has 0 heterocycles. The molecule has 0 amide bonds. The van der Waals surface area contributed by atoms with Crippen LogP contribution in [-0.2, 0) is 10.0 Å². The molecule has 0 aliphatic rings. The molecule has 0 bridgehead atoms. The molecule has 0 fully saturated rings. The summed E-state index contributed by atoms with van der Waals surface area (Å²) in [7, 11) is -3.44. The highest BCUT2D eigenvalue weighted by molar-refractivity contribution is 7.89. The van der Waals surface area contributed by atoms with Gasteiger partial charge in [-0.3, -0.25) is 0 Å². The summed E-state index contributed by atoms with van der Waals surface area (Å²) < 4.78 is 27.3. The Labute approximate surface area is 129 Å². The molecule has 0 radical (unpaired) electrons. The second kappa shape index (κ2) is 7.27. The van der Waals surface area contributed by atoms with Gasteiger partial charge in [-0.2, -0.15) is 4.31 Å². The number of hydrogen-bond donors (Lipinski definition) is 1. The van der Waals surface area contributed by atoms with Gasteiger partial charge in [-0.15, -0.1) is 0 Å². The molecule has 0 saturated heterocycles. The van der Waals surface area contributed by atoms with Crippen molar-refractivity contribution in [1.29, 1.82) is 0 Å². The Morgan fingerprint density at radius 3 is 2.05 bits per heavy atom. The smallest absolute Gasteiger partial charge is 0.243 e. The summed E-state index contributed by atoms with van der Waals surface area (Å²) in [6.07, 6.45) is 1.04. The second-order valence-corrected chi connectivity index (χ2v) is 7.50. The molecule has 0 unspecified atom stereocenters. The van der Waals surface area contributed by atoms with Crippen molar-refractivity contribution >= 4 is 15.7 Å². The van der Waals surface area contributed by atoms with Gasteiger partial charge < -0.3 is 5.32 Å². The fraction of sp³-hybridized carbons (Fsp3) is 0.625. The molecular formula is C16H28N2O2S. The molecule has 120 valence electrons. The van der Waals surface area contributed by atoms with Crippen molar-refractivity contribution in [3.05, 3.63) is 23.3 Å². The molecule has 0 aliphatic carbocycles. The average Bonchev–Trinajstić information content (AvgIpc) is 2.34. The van der Waals surface area contributed by atoms with Crippen LogP contribution in [0.15, 0.2) is 17.0 Å². The van der Waals surface area contributed by atoms with Crippen LogP contribution >= 0.6 is 0 Å². The number of sulfonamides is 1. The molecule has 0 aliphatic heterocycles. The third-order valence-corrected chi connectivity index (χ3v) is 5.95. The van der Waals surface area contributed by atoms with E-state index in [2.05, 4.69) is 12.2 Å². The maximum Gasteiger partial charge on any atom is 0.243 e. The molecule has 5 heteroatoms. The van der Waals surface area contributed by atoms with Crippen LogP contribution in [0.3, 0.4) is 0 Å². The van der Waals surface area contributed by atoms with E-state index >= 15 is 0 Å². The lowest BCUT2D eigenvalue weighted by molar-refractivity contribution is 0.368. The largest absolute Gasteiger partial charge is 0.385 e. The Balaban J connectivity index is 3.30. The highest BCUT2D eigenvalue weighted by Crippen LogP contribution is 2.28. The van der Waals surface area contributed by atoms with E-state index in [1.807, 2.05) is 46.8 Å². The lowest BCUT2D eigenvalue weighted by Crippen LogP contribution is -2.37. The van der Waals surface area contributed by atoms with Gasteiger partial charge in [0, 0.05) is 24.8 Å². The Bertz CT molecular complexity index is 557. The summed E-state index contributed by atoms with van der Waals surface area (Å²) >= 11 is 0. The van der Waals surface area contributed by atoms with Gasteiger partial charge in [-0.25, -0.2) is 8.42 Å². The number of anilines is 1. The van der Waals surface area contributed by atoms with Gasteiger partial charge in [0.1, 0.15) is 0 Å². The highest BCUT2D eigenvalue weighted by Gasteiger charge is 2.28. The molecule has 1 aromatic rings. The highest BCUT2D eigenvalue weighted by atomic mass is 32.2. The quantitative estimate of drug-likeness (QED) is 0.837. The van der Waals surface area contributed by atoms with Crippen LogP contribution < -0.4 is 5.32 Å². The Hall–Kier alpha value is -1.07. The molecule has 0 atom stereocenters. The molecular weight excluding hydrogens is 284 g/mol. The van der Waals surface area contributed by atoms with Crippen LogP contribution in [0.25, 0.3) is 0 Å². The number of hydrogen-bond acceptors (Lipinski definition) is 3. The Kier molecular flexibility index (Phi) is 6.23. The fourth-order valence-corrected chi connectivity index (χ4v) is 4.72. The molecule has 1 N–H and O–H groups in total. The first-order valence-electron chi connectivity index (χ1n) is 7.62. The average molecular weight is 312 g/mol. The van der Waals surface area contributed by atoms with E-state index in [9.17, 15) is 8.42 Å². The van der Waals surface area contributed by atoms with Crippen LogP contribution in [0.2, 0.25) is 0 Å². The molecule has 1 rings (SSSR count). The van der Waals surface area contributed by atoms with Crippen molar-refractivity contribution in [2.75, 3.05) is 18.4 Å². The van der Waals surface area contributed by atoms with Crippen LogP contribution in [0.5, 0.6) is 0 Å². The van der Waals surface area contributed by atoms with Crippen molar-refractivity contribution in [2.24, 2.45) is 0 Å². The number of nitrogens with one attached hydrogen (secondary N) is 1. The summed E-state index contributed by atoms with van der Waals surface area (Å²) in [4.78, 5) is 0.445. The van der Waals surface area contributed by atoms with E-state index in [1.54, 1.807) is 4.31 Å². The normalized spacial score (nSPS) is 12.2. The molecule has 0 spiro atoms. The van der Waals surface area contributed by atoms with Crippen LogP contribution in [0.1, 0.15) is 45.2 Å². The maximum absolute atomic E-state index is 12.9. The van der Waals surface area contributed by atoms with E-state index in [4.69, 9.17) is 0 Å². The van der Waals surface area contributed by atoms with Crippen molar-refractivity contribution < 1.29 is 8.42 Å². The predicted octanol–water partition coefficient (Wildman–Crippen LogP) is 3.54. The van der Waals surface area contributed by atoms with Gasteiger partial charge >= 0.3 is 0 Å². The minimum absolute atomic E-state index is 0.0447. The lowest BCUT2D eigenvalue weighted by atomic mass is 10.1. The first-order chi connectivity index (χ1) is 9.75. The number of benzene rings is 1. The van der Waals surface area contributed by atoms with Gasteiger partial charge in [-0.1, -0.05) is 13.8 Å². The van der Waals surface area contributed by atoms with Gasteiger partial charge in [0.15, 0.2) is 0 Å². The van der Waals surface area contributed by atoms with E-state index in [0.717, 1.165) is 29.8 Å². The van der Waals surface area contributed by atoms with Crippen molar-refractivity contribution in [1.82, 2.24) is 4.31 Å². The zero-order valence-electron chi connectivity index (χ0n) is 14.0. The third kappa shape index (κ3) is 3.98. The number of aryl methyl sites for hydroxylation is 2. The fourth-order valence-electron chi connectivity index (χ4n) is 2.66. The molecule has 0 saturated carbocycles. The lowest BCUT2D eigenvalue weighted by Gasteiger charge is -2.26. The minimum Gasteiger partial charge on any atom is -0.385 e. The molecule has 0 aromatic heterocycles. The number of rotatable bonds is 7. The standard InChI is InChI=1S/C16H28N2O2S/c1-7-9-17-15-10-13(5)16(14(6)11-15)21(19,20)18(8-2)12(3)4/h10-12,17H,7-9H2,1-6H3. The summed E-state index contributed by atoms with van der Waals surface area (Å²) in [6.45, 7) is 12.9. The van der Waals surface area contributed by atoms with E-state index in [1.165, 1.54) is 0 Å². The second-order valence-electron chi connectivity index (χ2n) is 5.67. The van der Waals surface area contributed by atoms with E-state index in [-0.39, 0.29) is 6.04 Å². The zero-order valence-corrected chi connectivity index (χ0v) is 14.8. The Morgan fingerprint density at radius 1 is 1.14 bits per heavy atom. The van der Waals surface area contributed by atoms with Crippen molar-refractivity contribution in [3.63, 3.8) is 0 Å². The topological polar surface area (TPSA) is 49.4 Å². The van der Waals surface area contributed by atoms with Crippen LogP contribution in [0, 0.1) is 13.8 Å². The third-order valence-electron chi connectivity index (χ3n) is 3.49. The van der Waals surface area contributed by atoms with Crippen LogP contribution in [0.4, 0.5) is 5.69 Å². The van der Waals surface area contributed by atoms with E-state index < -0.39 is 10.0 Å². The van der Waals surface area contributed by atoms with Gasteiger partial charge in [0.05, 0.1) is 4.90 Å². The van der Waals surface area contributed by atoms with Crippen LogP contribution in [-0.4, -0.2) is 31.9 Å². The molecule has 4 nitrogen and oxygen atoms in total. The summed E-state index contributed by atoms with van der Waals surface area (Å²) in [5.74, 6) is 0. The van der Waals surface area contributed by atoms with Gasteiger partial charge in [0.25, 0.3) is 0 Å². The van der Waals surface area contributed by atoms with Crippen molar-refractivity contribution in [2.45, 2.75) is 58.9 Å². The monoisotopic (exact) mass is 312 g/mol. The zero-order chi connectivity index (χ0) is 16.2. The molecule has 1 aromatic carbocycles. The minimum atomic E-state index is -3.44. The molecule has 21 heavy (non-hydrogen) atoms. The number of nitrogens with zero attached hydrogens (tertiary/aromatic N) is 1. The summed E-state index contributed by atoms with van der Waals surface area (Å²) in [6, 6.07) is 3.80. The first-order valence-corrected chi connectivity index (χ1v) is 9.06. The van der Waals surface area contributed by atoms with Crippen molar-refractivity contribution in [3.8, 4) is 0 Å². The van der Waals surface area contributed by atoms with Gasteiger partial charge in [0.2, 0.25) is 10.0 Å². The van der Waals surface area contributed by atoms with Gasteiger partial charge in [-0.05, 0) is 57.4 Å². The predicted molar refractivity (Wildman–Crippen MR) is 89.4 cm³/mol. The van der Waals surface area contributed by atoms with E-state index in [0.29, 0.717) is 11.4 Å². The summed E-state index contributed by atoms with van der Waals surface area (Å²) in [5.41, 5.74) is 2.58. The summed E-state index contributed by atoms with van der Waals surface area (Å²) in [5, 5.41) is 3.31. The maximum atomic E-state index is 12.9. The first kappa shape index (κ1) is 18.0. The SMILES string of the molecule is CCCNc1cc(C)c(S(=O)(=O)N(CC)C(C)C)c(C)c1.